The maximum absolute atomic E-state index is 15.3. The second-order valence-corrected chi connectivity index (χ2v) is 10.7. The van der Waals surface area contributed by atoms with Crippen LogP contribution in [0, 0.1) is 5.82 Å². The summed E-state index contributed by atoms with van der Waals surface area (Å²) in [6, 6.07) is 12.5. The molecule has 11 heteroatoms. The Kier molecular flexibility index (Phi) is 9.14. The zero-order valence-corrected chi connectivity index (χ0v) is 25.9. The van der Waals surface area contributed by atoms with Crippen LogP contribution in [0.4, 0.5) is 4.39 Å². The summed E-state index contributed by atoms with van der Waals surface area (Å²) < 4.78 is 42.9. The van der Waals surface area contributed by atoms with Gasteiger partial charge in [-0.3, -0.25) is 14.5 Å². The van der Waals surface area contributed by atoms with Gasteiger partial charge in [0.05, 0.1) is 47.5 Å². The summed E-state index contributed by atoms with van der Waals surface area (Å²) in [5.41, 5.74) is 2.03. The minimum absolute atomic E-state index is 0.186. The molecule has 10 nitrogen and oxygen atoms in total. The number of piperazine rings is 1. The van der Waals surface area contributed by atoms with Crippen LogP contribution in [0.2, 0.25) is 0 Å². The van der Waals surface area contributed by atoms with Gasteiger partial charge in [0.25, 0.3) is 5.91 Å². The highest BCUT2D eigenvalue weighted by Crippen LogP contribution is 2.47. The van der Waals surface area contributed by atoms with E-state index in [0.717, 1.165) is 5.56 Å². The number of carbonyl (C=O) groups excluding carboxylic acids is 2. The summed E-state index contributed by atoms with van der Waals surface area (Å²) in [5, 5.41) is 0. The quantitative estimate of drug-likeness (QED) is 0.359. The van der Waals surface area contributed by atoms with E-state index in [1.165, 1.54) is 25.2 Å². The van der Waals surface area contributed by atoms with Gasteiger partial charge in [0.15, 0.2) is 23.0 Å². The van der Waals surface area contributed by atoms with Gasteiger partial charge in [-0.15, -0.1) is 0 Å². The largest absolute Gasteiger partial charge is 0.493 e. The maximum Gasteiger partial charge on any atom is 0.254 e. The lowest BCUT2D eigenvalue weighted by molar-refractivity contribution is -0.136. The highest BCUT2D eigenvalue weighted by atomic mass is 19.1. The molecule has 2 atom stereocenters. The summed E-state index contributed by atoms with van der Waals surface area (Å²) >= 11 is 0. The molecule has 2 unspecified atom stereocenters. The van der Waals surface area contributed by atoms with E-state index in [9.17, 15) is 9.59 Å². The molecule has 2 amide bonds. The van der Waals surface area contributed by atoms with Gasteiger partial charge in [0.2, 0.25) is 11.7 Å². The normalized spacial score (nSPS) is 18.5. The van der Waals surface area contributed by atoms with E-state index in [1.54, 1.807) is 63.6 Å². The first-order valence-electron chi connectivity index (χ1n) is 14.3. The van der Waals surface area contributed by atoms with Gasteiger partial charge >= 0.3 is 0 Å². The van der Waals surface area contributed by atoms with Gasteiger partial charge in [0, 0.05) is 56.5 Å². The number of methoxy groups -OCH3 is 5. The molecule has 1 fully saturated rings. The van der Waals surface area contributed by atoms with Crippen LogP contribution in [0.25, 0.3) is 0 Å². The van der Waals surface area contributed by atoms with Gasteiger partial charge in [-0.05, 0) is 29.8 Å². The van der Waals surface area contributed by atoms with Crippen molar-refractivity contribution in [1.82, 2.24) is 14.7 Å². The first-order chi connectivity index (χ1) is 21.3. The molecule has 0 bridgehead atoms. The summed E-state index contributed by atoms with van der Waals surface area (Å²) in [7, 11) is 9.34. The van der Waals surface area contributed by atoms with Crippen molar-refractivity contribution in [3.05, 3.63) is 76.6 Å². The highest BCUT2D eigenvalue weighted by Gasteiger charge is 2.46. The first kappa shape index (κ1) is 30.9. The van der Waals surface area contributed by atoms with E-state index in [-0.39, 0.29) is 17.4 Å². The lowest BCUT2D eigenvalue weighted by Gasteiger charge is -2.43. The van der Waals surface area contributed by atoms with Crippen LogP contribution in [0.15, 0.2) is 48.5 Å². The number of halogens is 1. The summed E-state index contributed by atoms with van der Waals surface area (Å²) in [6.45, 7) is 2.70. The van der Waals surface area contributed by atoms with Crippen molar-refractivity contribution in [3.8, 4) is 28.7 Å². The van der Waals surface area contributed by atoms with Crippen molar-refractivity contribution < 1.29 is 37.7 Å². The van der Waals surface area contributed by atoms with Crippen LogP contribution >= 0.6 is 0 Å². The molecule has 5 rings (SSSR count). The van der Waals surface area contributed by atoms with Crippen molar-refractivity contribution in [1.29, 1.82) is 0 Å². The predicted octanol–water partition coefficient (Wildman–Crippen LogP) is 4.12. The minimum atomic E-state index is -0.859. The maximum atomic E-state index is 15.3. The number of hydrogen-bond acceptors (Lipinski definition) is 8. The van der Waals surface area contributed by atoms with Crippen LogP contribution in [0.1, 0.15) is 39.0 Å². The van der Waals surface area contributed by atoms with Crippen molar-refractivity contribution >= 4 is 11.8 Å². The number of nitrogens with zero attached hydrogens (tertiary/aromatic N) is 3. The lowest BCUT2D eigenvalue weighted by Crippen LogP contribution is -2.52. The number of hydrogen-bond donors (Lipinski definition) is 0. The molecule has 0 saturated carbocycles. The predicted molar refractivity (Wildman–Crippen MR) is 161 cm³/mol. The second kappa shape index (κ2) is 13.0. The Balaban J connectivity index is 1.45. The van der Waals surface area contributed by atoms with Crippen molar-refractivity contribution in [2.45, 2.75) is 18.5 Å². The monoisotopic (exact) mass is 607 g/mol. The first-order valence-corrected chi connectivity index (χ1v) is 14.3. The topological polar surface area (TPSA) is 90.0 Å². The Bertz CT molecular complexity index is 1540. The third-order valence-corrected chi connectivity index (χ3v) is 8.53. The molecular weight excluding hydrogens is 569 g/mol. The van der Waals surface area contributed by atoms with Gasteiger partial charge in [0.1, 0.15) is 5.82 Å². The molecule has 0 radical (unpaired) electrons. The minimum Gasteiger partial charge on any atom is -0.493 e. The average Bonchev–Trinajstić information content (AvgIpc) is 3.05. The molecule has 0 N–H and O–H groups in total. The number of rotatable bonds is 9. The number of carbonyl (C=O) groups is 2. The number of fused-ring (bicyclic) bond motifs is 1. The third-order valence-electron chi connectivity index (χ3n) is 8.53. The van der Waals surface area contributed by atoms with Crippen molar-refractivity contribution in [3.63, 3.8) is 0 Å². The Morgan fingerprint density at radius 2 is 1.43 bits per heavy atom. The zero-order chi connectivity index (χ0) is 31.5. The van der Waals surface area contributed by atoms with E-state index >= 15 is 4.39 Å². The number of likely N-dealkylation sites (N-methyl/N-ethyl adjacent to an activating group) is 1. The lowest BCUT2D eigenvalue weighted by atomic mass is 9.78. The van der Waals surface area contributed by atoms with E-state index < -0.39 is 17.8 Å². The SMILES string of the molecule is COc1cc2c(cc1OC)C(C(=O)N1CCN(Cc3ccc(OC)c(OC)c3OC)CC1)C(c1ccccc1F)N(C)C2=O. The van der Waals surface area contributed by atoms with Crippen LogP contribution < -0.4 is 23.7 Å². The fraction of sp³-hybridized carbons (Fsp3) is 0.394. The summed E-state index contributed by atoms with van der Waals surface area (Å²) in [5.74, 6) is 0.635. The smallest absolute Gasteiger partial charge is 0.254 e. The second-order valence-electron chi connectivity index (χ2n) is 10.7. The molecule has 0 spiro atoms. The highest BCUT2D eigenvalue weighted by molar-refractivity contribution is 6.02. The van der Waals surface area contributed by atoms with Gasteiger partial charge in [-0.2, -0.15) is 0 Å². The van der Waals surface area contributed by atoms with Crippen LogP contribution in [0.3, 0.4) is 0 Å². The van der Waals surface area contributed by atoms with Crippen LogP contribution in [-0.4, -0.2) is 95.3 Å². The number of amides is 2. The van der Waals surface area contributed by atoms with E-state index in [2.05, 4.69) is 4.90 Å². The Hall–Kier alpha value is -4.51. The van der Waals surface area contributed by atoms with E-state index in [4.69, 9.17) is 23.7 Å². The Morgan fingerprint density at radius 3 is 2.05 bits per heavy atom. The van der Waals surface area contributed by atoms with Crippen molar-refractivity contribution in [2.24, 2.45) is 0 Å². The zero-order valence-electron chi connectivity index (χ0n) is 25.9. The van der Waals surface area contributed by atoms with Crippen LogP contribution in [0.5, 0.6) is 28.7 Å². The molecule has 234 valence electrons. The molecule has 0 aliphatic carbocycles. The van der Waals surface area contributed by atoms with Crippen molar-refractivity contribution in [2.75, 3.05) is 68.8 Å². The molecule has 44 heavy (non-hydrogen) atoms. The van der Waals surface area contributed by atoms with Gasteiger partial charge in [-0.25, -0.2) is 4.39 Å². The average molecular weight is 608 g/mol. The summed E-state index contributed by atoms with van der Waals surface area (Å²) in [4.78, 5) is 33.6. The summed E-state index contributed by atoms with van der Waals surface area (Å²) in [6.07, 6.45) is 0. The number of ether oxygens (including phenoxy) is 5. The fourth-order valence-corrected chi connectivity index (χ4v) is 6.27. The molecule has 2 aliphatic heterocycles. The van der Waals surface area contributed by atoms with Gasteiger partial charge < -0.3 is 33.5 Å². The van der Waals surface area contributed by atoms with E-state index in [0.29, 0.717) is 72.6 Å². The molecule has 0 aromatic heterocycles. The standard InChI is InChI=1S/C33H38FN3O7/c1-35-29(21-9-7-8-10-24(21)34)28(22-17-26(41-3)27(42-4)18-23(22)32(35)38)33(39)37-15-13-36(14-16-37)19-20-11-12-25(40-2)31(44-6)30(20)43-5/h7-12,17-18,28-29H,13-16,19H2,1-6H3. The fourth-order valence-electron chi connectivity index (χ4n) is 6.27. The molecule has 2 heterocycles. The number of benzene rings is 3. The third kappa shape index (κ3) is 5.47. The molecule has 1 saturated heterocycles. The molecule has 2 aliphatic rings. The molecule has 3 aromatic rings. The Labute approximate surface area is 256 Å². The van der Waals surface area contributed by atoms with Crippen LogP contribution in [-0.2, 0) is 11.3 Å². The Morgan fingerprint density at radius 1 is 0.795 bits per heavy atom. The molecular formula is C33H38FN3O7. The molecule has 3 aromatic carbocycles. The van der Waals surface area contributed by atoms with Gasteiger partial charge in [-0.1, -0.05) is 24.3 Å². The van der Waals surface area contributed by atoms with E-state index in [1.807, 2.05) is 12.1 Å².